The second-order valence-corrected chi connectivity index (χ2v) is 5.22. The third kappa shape index (κ3) is 5.30. The van der Waals surface area contributed by atoms with Gasteiger partial charge >= 0.3 is 18.2 Å². The first-order chi connectivity index (χ1) is 12.7. The van der Waals surface area contributed by atoms with E-state index < -0.39 is 43.1 Å². The maximum absolute atomic E-state index is 13.1. The van der Waals surface area contributed by atoms with Crippen LogP contribution in [0.4, 0.5) is 18.0 Å². The van der Waals surface area contributed by atoms with Crippen molar-refractivity contribution in [1.29, 1.82) is 0 Å². The van der Waals surface area contributed by atoms with Gasteiger partial charge in [0.1, 0.15) is 6.54 Å². The SMILES string of the molecule is C=CCNC(=O)NC(=O)COC(=O)Cn1c(C(F)(F)F)nc2ccccc21. The number of carbonyl (C=O) groups is 3. The molecule has 1 aromatic heterocycles. The number of imidazole rings is 1. The first kappa shape index (κ1) is 19.9. The van der Waals surface area contributed by atoms with Gasteiger partial charge in [0.05, 0.1) is 11.0 Å². The van der Waals surface area contributed by atoms with Crippen LogP contribution in [0.15, 0.2) is 36.9 Å². The predicted octanol–water partition coefficient (Wildman–Crippen LogP) is 1.61. The standard InChI is InChI=1S/C16H15F3N4O4/c1-2-7-20-15(26)22-12(24)9-27-13(25)8-23-11-6-4-3-5-10(11)21-14(23)16(17,18)19/h2-6H,1,7-9H2,(H2,20,22,24,26). The molecule has 0 aliphatic carbocycles. The molecule has 2 aromatic rings. The maximum Gasteiger partial charge on any atom is 0.449 e. The van der Waals surface area contributed by atoms with E-state index in [9.17, 15) is 27.6 Å². The molecule has 0 bridgehead atoms. The van der Waals surface area contributed by atoms with E-state index in [1.54, 1.807) is 0 Å². The molecule has 0 radical (unpaired) electrons. The third-order valence-corrected chi connectivity index (χ3v) is 3.22. The second kappa shape index (κ2) is 8.34. The summed E-state index contributed by atoms with van der Waals surface area (Å²) < 4.78 is 44.7. The van der Waals surface area contributed by atoms with Crippen molar-refractivity contribution in [1.82, 2.24) is 20.2 Å². The van der Waals surface area contributed by atoms with E-state index in [0.29, 0.717) is 4.57 Å². The summed E-state index contributed by atoms with van der Waals surface area (Å²) in [5, 5.41) is 4.15. The van der Waals surface area contributed by atoms with E-state index in [1.807, 2.05) is 5.32 Å². The van der Waals surface area contributed by atoms with Gasteiger partial charge in [-0.05, 0) is 12.1 Å². The molecule has 11 heteroatoms. The van der Waals surface area contributed by atoms with E-state index in [-0.39, 0.29) is 17.6 Å². The minimum absolute atomic E-state index is 0.0641. The van der Waals surface area contributed by atoms with Gasteiger partial charge < -0.3 is 14.6 Å². The van der Waals surface area contributed by atoms with Gasteiger partial charge in [-0.3, -0.25) is 14.9 Å². The molecule has 144 valence electrons. The Bertz CT molecular complexity index is 876. The Morgan fingerprint density at radius 3 is 2.63 bits per heavy atom. The van der Waals surface area contributed by atoms with Crippen molar-refractivity contribution in [3.63, 3.8) is 0 Å². The van der Waals surface area contributed by atoms with E-state index in [0.717, 1.165) is 0 Å². The number of para-hydroxylation sites is 2. The number of rotatable bonds is 6. The Kier molecular flexibility index (Phi) is 6.16. The minimum atomic E-state index is -4.78. The highest BCUT2D eigenvalue weighted by atomic mass is 19.4. The lowest BCUT2D eigenvalue weighted by molar-refractivity contribution is -0.153. The van der Waals surface area contributed by atoms with Gasteiger partial charge in [0, 0.05) is 6.54 Å². The summed E-state index contributed by atoms with van der Waals surface area (Å²) in [5.41, 5.74) is 0.157. The van der Waals surface area contributed by atoms with Crippen LogP contribution in [0.5, 0.6) is 0 Å². The number of nitrogens with one attached hydrogen (secondary N) is 2. The molecular formula is C16H15F3N4O4. The molecule has 0 saturated carbocycles. The fourth-order valence-corrected chi connectivity index (χ4v) is 2.14. The zero-order chi connectivity index (χ0) is 20.0. The molecule has 0 fully saturated rings. The number of alkyl halides is 3. The number of benzene rings is 1. The van der Waals surface area contributed by atoms with Crippen LogP contribution < -0.4 is 10.6 Å². The number of ether oxygens (including phenoxy) is 1. The Morgan fingerprint density at radius 1 is 1.26 bits per heavy atom. The maximum atomic E-state index is 13.1. The summed E-state index contributed by atoms with van der Waals surface area (Å²) in [5.74, 6) is -3.28. The number of amides is 3. The normalized spacial score (nSPS) is 11.1. The Balaban J connectivity index is 2.02. The van der Waals surface area contributed by atoms with E-state index in [2.05, 4.69) is 21.6 Å². The summed E-state index contributed by atoms with van der Waals surface area (Å²) in [7, 11) is 0. The number of nitrogens with zero attached hydrogens (tertiary/aromatic N) is 2. The second-order valence-electron chi connectivity index (χ2n) is 5.22. The van der Waals surface area contributed by atoms with Crippen LogP contribution >= 0.6 is 0 Å². The molecule has 1 heterocycles. The number of hydrogen-bond donors (Lipinski definition) is 2. The highest BCUT2D eigenvalue weighted by Gasteiger charge is 2.38. The van der Waals surface area contributed by atoms with E-state index >= 15 is 0 Å². The molecule has 0 atom stereocenters. The van der Waals surface area contributed by atoms with E-state index in [1.165, 1.54) is 30.3 Å². The van der Waals surface area contributed by atoms with Gasteiger partial charge in [0.25, 0.3) is 5.91 Å². The summed E-state index contributed by atoms with van der Waals surface area (Å²) in [4.78, 5) is 38.1. The Labute approximate surface area is 151 Å². The summed E-state index contributed by atoms with van der Waals surface area (Å²) >= 11 is 0. The summed E-state index contributed by atoms with van der Waals surface area (Å²) in [6.45, 7) is 1.86. The lowest BCUT2D eigenvalue weighted by Crippen LogP contribution is -2.41. The van der Waals surface area contributed by atoms with Crippen molar-refractivity contribution in [2.24, 2.45) is 0 Å². The quantitative estimate of drug-likeness (QED) is 0.582. The minimum Gasteiger partial charge on any atom is -0.454 e. The summed E-state index contributed by atoms with van der Waals surface area (Å²) in [6.07, 6.45) is -3.39. The average molecular weight is 384 g/mol. The topological polar surface area (TPSA) is 102 Å². The number of aromatic nitrogens is 2. The van der Waals surface area contributed by atoms with Crippen molar-refractivity contribution in [2.45, 2.75) is 12.7 Å². The lowest BCUT2D eigenvalue weighted by Gasteiger charge is -2.11. The van der Waals surface area contributed by atoms with Crippen LogP contribution in [0.1, 0.15) is 5.82 Å². The highest BCUT2D eigenvalue weighted by Crippen LogP contribution is 2.31. The van der Waals surface area contributed by atoms with Crippen LogP contribution in [0.2, 0.25) is 0 Å². The zero-order valence-corrected chi connectivity index (χ0v) is 13.9. The van der Waals surface area contributed by atoms with Gasteiger partial charge in [0.2, 0.25) is 5.82 Å². The number of halogens is 3. The predicted molar refractivity (Wildman–Crippen MR) is 87.4 cm³/mol. The molecule has 8 nitrogen and oxygen atoms in total. The van der Waals surface area contributed by atoms with Gasteiger partial charge in [-0.2, -0.15) is 13.2 Å². The number of fused-ring (bicyclic) bond motifs is 1. The molecule has 0 spiro atoms. The number of imide groups is 1. The van der Waals surface area contributed by atoms with Crippen LogP contribution in [0.25, 0.3) is 11.0 Å². The molecule has 2 rings (SSSR count). The molecule has 0 unspecified atom stereocenters. The average Bonchev–Trinajstić information content (AvgIpc) is 2.97. The molecule has 0 saturated heterocycles. The van der Waals surface area contributed by atoms with Crippen LogP contribution in [-0.4, -0.2) is 40.6 Å². The molecule has 27 heavy (non-hydrogen) atoms. The van der Waals surface area contributed by atoms with Crippen molar-refractivity contribution in [3.8, 4) is 0 Å². The third-order valence-electron chi connectivity index (χ3n) is 3.22. The molecule has 3 amide bonds. The monoisotopic (exact) mass is 384 g/mol. The van der Waals surface area contributed by atoms with Crippen molar-refractivity contribution in [3.05, 3.63) is 42.7 Å². The van der Waals surface area contributed by atoms with Gasteiger partial charge in [-0.15, -0.1) is 6.58 Å². The summed E-state index contributed by atoms with van der Waals surface area (Å²) in [6, 6.07) is 4.95. The number of urea groups is 1. The molecule has 1 aromatic carbocycles. The van der Waals surface area contributed by atoms with E-state index in [4.69, 9.17) is 0 Å². The highest BCUT2D eigenvalue weighted by molar-refractivity contribution is 5.95. The number of carbonyl (C=O) groups excluding carboxylic acids is 3. The molecule has 0 aliphatic rings. The molecular weight excluding hydrogens is 369 g/mol. The van der Waals surface area contributed by atoms with Crippen LogP contribution in [0, 0.1) is 0 Å². The Hall–Kier alpha value is -3.37. The first-order valence-corrected chi connectivity index (χ1v) is 7.59. The first-order valence-electron chi connectivity index (χ1n) is 7.59. The van der Waals surface area contributed by atoms with Crippen molar-refractivity contribution >= 4 is 28.9 Å². The van der Waals surface area contributed by atoms with Crippen LogP contribution in [0.3, 0.4) is 0 Å². The largest absolute Gasteiger partial charge is 0.454 e. The fraction of sp³-hybridized carbons (Fsp3) is 0.250. The number of esters is 1. The number of hydrogen-bond acceptors (Lipinski definition) is 5. The zero-order valence-electron chi connectivity index (χ0n) is 13.9. The van der Waals surface area contributed by atoms with Crippen molar-refractivity contribution < 1.29 is 32.3 Å². The van der Waals surface area contributed by atoms with Crippen molar-refractivity contribution in [2.75, 3.05) is 13.2 Å². The van der Waals surface area contributed by atoms with Crippen LogP contribution in [-0.2, 0) is 27.0 Å². The molecule has 0 aliphatic heterocycles. The smallest absolute Gasteiger partial charge is 0.449 e. The molecule has 2 N–H and O–H groups in total. The van der Waals surface area contributed by atoms with Gasteiger partial charge in [0.15, 0.2) is 6.61 Å². The Morgan fingerprint density at radius 2 is 1.96 bits per heavy atom. The van der Waals surface area contributed by atoms with Gasteiger partial charge in [-0.1, -0.05) is 18.2 Å². The fourth-order valence-electron chi connectivity index (χ4n) is 2.14. The lowest BCUT2D eigenvalue weighted by atomic mass is 10.3. The van der Waals surface area contributed by atoms with Gasteiger partial charge in [-0.25, -0.2) is 9.78 Å².